The van der Waals surface area contributed by atoms with Gasteiger partial charge in [-0.3, -0.25) is 0 Å². The molecule has 0 fully saturated rings. The molecule has 0 unspecified atom stereocenters. The first-order valence-electron chi connectivity index (χ1n) is 10.1. The van der Waals surface area contributed by atoms with E-state index in [4.69, 9.17) is 10.7 Å². The lowest BCUT2D eigenvalue weighted by atomic mass is 9.72. The normalized spacial score (nSPS) is 17.6. The lowest BCUT2D eigenvalue weighted by Gasteiger charge is -2.33. The lowest BCUT2D eigenvalue weighted by molar-refractivity contribution is 0.218. The lowest BCUT2D eigenvalue weighted by Crippen LogP contribution is -2.26. The van der Waals surface area contributed by atoms with Crippen molar-refractivity contribution in [1.29, 1.82) is 0 Å². The van der Waals surface area contributed by atoms with Crippen LogP contribution in [0.1, 0.15) is 76.7 Å². The predicted molar refractivity (Wildman–Crippen MR) is 116 cm³/mol. The molecule has 0 amide bonds. The molecule has 1 aliphatic carbocycles. The van der Waals surface area contributed by atoms with Crippen LogP contribution in [0, 0.1) is 11.3 Å². The van der Waals surface area contributed by atoms with Gasteiger partial charge in [0.1, 0.15) is 10.6 Å². The summed E-state index contributed by atoms with van der Waals surface area (Å²) in [6, 6.07) is 0. The van der Waals surface area contributed by atoms with Crippen LogP contribution in [-0.2, 0) is 12.8 Å². The van der Waals surface area contributed by atoms with Crippen molar-refractivity contribution in [3.63, 3.8) is 0 Å². The number of nitrogen functional groups attached to an aromatic ring is 1. The Hall–Kier alpha value is -0.810. The molecule has 2 heterocycles. The van der Waals surface area contributed by atoms with Gasteiger partial charge in [0, 0.05) is 10.6 Å². The summed E-state index contributed by atoms with van der Waals surface area (Å²) in [4.78, 5) is 12.1. The number of fused-ring (bicyclic) bond motifs is 3. The summed E-state index contributed by atoms with van der Waals surface area (Å²) in [5.74, 6) is 2.52. The number of aromatic nitrogens is 2. The van der Waals surface area contributed by atoms with E-state index >= 15 is 0 Å². The van der Waals surface area contributed by atoms with Gasteiger partial charge in [0.05, 0.1) is 5.39 Å². The van der Waals surface area contributed by atoms with Crippen molar-refractivity contribution < 1.29 is 0 Å². The van der Waals surface area contributed by atoms with Crippen LogP contribution >= 0.6 is 23.1 Å². The largest absolute Gasteiger partial charge is 0.383 e. The standard InChI is InChI=1S/C21H33N3S2/c1-5-6-7-8-9-12-25-20-23-18(22)17-15-11-10-14(21(2,3)4)13-16(15)26-19(17)24-20/h14H,5-13H2,1-4H3,(H2,22,23,24)/t14-/m0/s1. The maximum atomic E-state index is 6.36. The topological polar surface area (TPSA) is 51.8 Å². The van der Waals surface area contributed by atoms with E-state index in [-0.39, 0.29) is 0 Å². The number of thiophene rings is 1. The molecule has 3 rings (SSSR count). The summed E-state index contributed by atoms with van der Waals surface area (Å²) in [7, 11) is 0. The molecule has 0 radical (unpaired) electrons. The Balaban J connectivity index is 1.72. The monoisotopic (exact) mass is 391 g/mol. The van der Waals surface area contributed by atoms with Crippen LogP contribution in [0.15, 0.2) is 5.16 Å². The van der Waals surface area contributed by atoms with Gasteiger partial charge in [-0.15, -0.1) is 11.3 Å². The SMILES string of the molecule is CCCCCCCSc1nc(N)c2c3c(sc2n1)C[C@@H](C(C)(C)C)CC3. The highest BCUT2D eigenvalue weighted by Crippen LogP contribution is 2.44. The van der Waals surface area contributed by atoms with Gasteiger partial charge in [0.2, 0.25) is 0 Å². The number of nitrogens with two attached hydrogens (primary N) is 1. The molecule has 0 aromatic carbocycles. The fraction of sp³-hybridized carbons (Fsp3) is 0.714. The Morgan fingerprint density at radius 2 is 1.92 bits per heavy atom. The highest BCUT2D eigenvalue weighted by molar-refractivity contribution is 7.99. The quantitative estimate of drug-likeness (QED) is 0.333. The van der Waals surface area contributed by atoms with Gasteiger partial charge in [-0.2, -0.15) is 0 Å². The predicted octanol–water partition coefficient (Wildman–Crippen LogP) is 6.49. The van der Waals surface area contributed by atoms with Crippen LogP contribution in [0.5, 0.6) is 0 Å². The second-order valence-corrected chi connectivity index (χ2v) is 10.8. The number of hydrogen-bond donors (Lipinski definition) is 1. The summed E-state index contributed by atoms with van der Waals surface area (Å²) < 4.78 is 0. The average molecular weight is 392 g/mol. The molecule has 0 spiro atoms. The van der Waals surface area contributed by atoms with E-state index in [1.807, 2.05) is 11.3 Å². The van der Waals surface area contributed by atoms with Gasteiger partial charge in [-0.25, -0.2) is 9.97 Å². The van der Waals surface area contributed by atoms with Crippen LogP contribution in [-0.4, -0.2) is 15.7 Å². The van der Waals surface area contributed by atoms with Crippen LogP contribution in [0.2, 0.25) is 0 Å². The van der Waals surface area contributed by atoms with Crippen LogP contribution < -0.4 is 5.73 Å². The number of unbranched alkanes of at least 4 members (excludes halogenated alkanes) is 4. The molecule has 0 aliphatic heterocycles. The molecule has 1 atom stereocenters. The first-order chi connectivity index (χ1) is 12.4. The van der Waals surface area contributed by atoms with E-state index < -0.39 is 0 Å². The minimum atomic E-state index is 0.365. The Labute approximate surface area is 166 Å². The van der Waals surface area contributed by atoms with Crippen LogP contribution in [0.4, 0.5) is 5.82 Å². The highest BCUT2D eigenvalue weighted by atomic mass is 32.2. The maximum absolute atomic E-state index is 6.36. The molecule has 0 saturated heterocycles. The third-order valence-corrected chi connectivity index (χ3v) is 7.70. The van der Waals surface area contributed by atoms with Gasteiger partial charge < -0.3 is 5.73 Å². The number of hydrogen-bond acceptors (Lipinski definition) is 5. The number of anilines is 1. The number of nitrogens with zero attached hydrogens (tertiary/aromatic N) is 2. The van der Waals surface area contributed by atoms with Gasteiger partial charge in [0.25, 0.3) is 0 Å². The Kier molecular flexibility index (Phi) is 6.50. The third-order valence-electron chi connectivity index (χ3n) is 5.62. The molecule has 2 aromatic heterocycles. The number of aryl methyl sites for hydroxylation is 1. The molecule has 2 aromatic rings. The molecule has 3 nitrogen and oxygen atoms in total. The minimum Gasteiger partial charge on any atom is -0.383 e. The molecular weight excluding hydrogens is 358 g/mol. The van der Waals surface area contributed by atoms with Crippen LogP contribution in [0.3, 0.4) is 0 Å². The zero-order chi connectivity index (χ0) is 18.7. The first kappa shape index (κ1) is 19.9. The summed E-state index contributed by atoms with van der Waals surface area (Å²) in [5, 5.41) is 2.00. The van der Waals surface area contributed by atoms with E-state index in [0.29, 0.717) is 11.2 Å². The van der Waals surface area contributed by atoms with E-state index in [1.54, 1.807) is 11.8 Å². The second-order valence-electron chi connectivity index (χ2n) is 8.64. The van der Waals surface area contributed by atoms with Crippen LogP contribution in [0.25, 0.3) is 10.2 Å². The van der Waals surface area contributed by atoms with Gasteiger partial charge in [-0.05, 0) is 42.6 Å². The van der Waals surface area contributed by atoms with Crippen molar-refractivity contribution in [1.82, 2.24) is 9.97 Å². The van der Waals surface area contributed by atoms with Crippen molar-refractivity contribution in [3.05, 3.63) is 10.4 Å². The van der Waals surface area contributed by atoms with Gasteiger partial charge in [0.15, 0.2) is 5.16 Å². The van der Waals surface area contributed by atoms with Crippen molar-refractivity contribution >= 4 is 39.1 Å². The molecular formula is C21H33N3S2. The molecule has 26 heavy (non-hydrogen) atoms. The van der Waals surface area contributed by atoms with E-state index in [9.17, 15) is 0 Å². The van der Waals surface area contributed by atoms with Crippen molar-refractivity contribution in [3.8, 4) is 0 Å². The average Bonchev–Trinajstić information content (AvgIpc) is 2.95. The molecule has 0 saturated carbocycles. The van der Waals surface area contributed by atoms with E-state index in [2.05, 4.69) is 32.7 Å². The van der Waals surface area contributed by atoms with Crippen molar-refractivity contribution in [2.24, 2.45) is 11.3 Å². The Morgan fingerprint density at radius 1 is 1.15 bits per heavy atom. The second kappa shape index (κ2) is 8.47. The zero-order valence-corrected chi connectivity index (χ0v) is 18.4. The van der Waals surface area contributed by atoms with Crippen molar-refractivity contribution in [2.45, 2.75) is 84.2 Å². The zero-order valence-electron chi connectivity index (χ0n) is 16.7. The minimum absolute atomic E-state index is 0.365. The maximum Gasteiger partial charge on any atom is 0.190 e. The van der Waals surface area contributed by atoms with Gasteiger partial charge in [-0.1, -0.05) is 65.1 Å². The van der Waals surface area contributed by atoms with Crippen molar-refractivity contribution in [2.75, 3.05) is 11.5 Å². The first-order valence-corrected chi connectivity index (χ1v) is 11.9. The Morgan fingerprint density at radius 3 is 2.65 bits per heavy atom. The molecule has 144 valence electrons. The molecule has 5 heteroatoms. The fourth-order valence-electron chi connectivity index (χ4n) is 3.86. The summed E-state index contributed by atoms with van der Waals surface area (Å²) in [6.07, 6.45) is 10.1. The summed E-state index contributed by atoms with van der Waals surface area (Å²) >= 11 is 3.62. The number of thioether (sulfide) groups is 1. The molecule has 0 bridgehead atoms. The van der Waals surface area contributed by atoms with Gasteiger partial charge >= 0.3 is 0 Å². The smallest absolute Gasteiger partial charge is 0.190 e. The fourth-order valence-corrected chi connectivity index (χ4v) is 6.07. The van der Waals surface area contributed by atoms with E-state index in [1.165, 1.54) is 55.4 Å². The van der Waals surface area contributed by atoms with E-state index in [0.717, 1.165) is 33.5 Å². The summed E-state index contributed by atoms with van der Waals surface area (Å²) in [5.41, 5.74) is 8.15. The number of rotatable bonds is 7. The molecule has 1 aliphatic rings. The Bertz CT molecular complexity index is 746. The third kappa shape index (κ3) is 4.53. The summed E-state index contributed by atoms with van der Waals surface area (Å²) in [6.45, 7) is 9.34. The highest BCUT2D eigenvalue weighted by Gasteiger charge is 2.31. The molecule has 2 N–H and O–H groups in total.